The lowest BCUT2D eigenvalue weighted by Crippen LogP contribution is -2.76. The van der Waals surface area contributed by atoms with Crippen LogP contribution in [0.5, 0.6) is 5.75 Å². The number of ether oxygens (including phenoxy) is 1. The van der Waals surface area contributed by atoms with Crippen molar-refractivity contribution < 1.29 is 14.0 Å². The molecule has 0 aromatic heterocycles. The first kappa shape index (κ1) is 25.2. The standard InChI is InChI=1S/C29H36N2O3Si/c1-27(2,3)28(4,34-35(24-12-8-6-9-13-24)25-14-10-7-11-15-25)29(30,31-21-20-26(31)32)22-16-18-23(33-5)19-17-22/h6-19,35H,20-21,30H2,1-5H3/t28-,29-/m1/s1. The van der Waals surface area contributed by atoms with Gasteiger partial charge >= 0.3 is 0 Å². The summed E-state index contributed by atoms with van der Waals surface area (Å²) in [6.45, 7) is 9.10. The predicted molar refractivity (Wildman–Crippen MR) is 143 cm³/mol. The van der Waals surface area contributed by atoms with Crippen LogP contribution in [0, 0.1) is 5.41 Å². The van der Waals surface area contributed by atoms with Crippen LogP contribution in [0.2, 0.25) is 0 Å². The summed E-state index contributed by atoms with van der Waals surface area (Å²) in [7, 11) is -0.565. The van der Waals surface area contributed by atoms with Crippen LogP contribution in [0.15, 0.2) is 84.9 Å². The van der Waals surface area contributed by atoms with E-state index in [1.165, 1.54) is 10.4 Å². The highest BCUT2D eigenvalue weighted by molar-refractivity contribution is 6.80. The maximum atomic E-state index is 13.0. The monoisotopic (exact) mass is 488 g/mol. The minimum Gasteiger partial charge on any atom is -0.497 e. The Balaban J connectivity index is 1.91. The molecule has 1 saturated heterocycles. The second-order valence-electron chi connectivity index (χ2n) is 10.4. The second-order valence-corrected chi connectivity index (χ2v) is 12.7. The molecule has 5 nitrogen and oxygen atoms in total. The quantitative estimate of drug-likeness (QED) is 0.390. The van der Waals surface area contributed by atoms with Gasteiger partial charge in [0.15, 0.2) is 0 Å². The summed E-state index contributed by atoms with van der Waals surface area (Å²) in [6.07, 6.45) is 0.494. The fourth-order valence-corrected chi connectivity index (χ4v) is 7.69. The molecule has 2 N–H and O–H groups in total. The van der Waals surface area contributed by atoms with Gasteiger partial charge in [-0.05, 0) is 40.4 Å². The normalized spacial score (nSPS) is 17.5. The van der Waals surface area contributed by atoms with Crippen LogP contribution in [0.4, 0.5) is 0 Å². The van der Waals surface area contributed by atoms with E-state index < -0.39 is 25.7 Å². The third kappa shape index (κ3) is 4.42. The van der Waals surface area contributed by atoms with Gasteiger partial charge in [0.05, 0.1) is 12.7 Å². The molecular weight excluding hydrogens is 452 g/mol. The summed E-state index contributed by atoms with van der Waals surface area (Å²) in [6, 6.07) is 28.5. The molecule has 1 aliphatic heterocycles. The predicted octanol–water partition coefficient (Wildman–Crippen LogP) is 3.40. The number of carbonyl (C=O) groups is 1. The van der Waals surface area contributed by atoms with E-state index in [0.717, 1.165) is 11.3 Å². The summed E-state index contributed by atoms with van der Waals surface area (Å²) in [5.41, 5.74) is 5.76. The molecule has 184 valence electrons. The maximum absolute atomic E-state index is 13.0. The number of rotatable bonds is 8. The molecule has 0 bridgehead atoms. The van der Waals surface area contributed by atoms with Crippen molar-refractivity contribution in [3.8, 4) is 5.75 Å². The number of nitrogens with two attached hydrogens (primary N) is 1. The van der Waals surface area contributed by atoms with Gasteiger partial charge in [-0.2, -0.15) is 0 Å². The first-order valence-corrected chi connectivity index (χ1v) is 13.8. The average Bonchev–Trinajstić information content (AvgIpc) is 2.86. The van der Waals surface area contributed by atoms with Crippen LogP contribution >= 0.6 is 0 Å². The topological polar surface area (TPSA) is 64.8 Å². The third-order valence-electron chi connectivity index (χ3n) is 7.52. The SMILES string of the molecule is COc1ccc([C@@](N)(N2CCC2=O)[C@](C)(O[SiH](c2ccccc2)c2ccccc2)C(C)(C)C)cc1. The molecule has 3 aromatic rings. The van der Waals surface area contributed by atoms with Gasteiger partial charge in [0.25, 0.3) is 0 Å². The minimum absolute atomic E-state index is 0.0417. The highest BCUT2D eigenvalue weighted by Gasteiger charge is 2.61. The molecule has 1 aliphatic rings. The van der Waals surface area contributed by atoms with Crippen LogP contribution in [-0.4, -0.2) is 39.1 Å². The summed E-state index contributed by atoms with van der Waals surface area (Å²) in [5.74, 6) is 0.783. The maximum Gasteiger partial charge on any atom is 0.240 e. The molecule has 0 unspecified atom stereocenters. The molecule has 1 heterocycles. The zero-order valence-corrected chi connectivity index (χ0v) is 22.5. The Kier molecular flexibility index (Phi) is 6.91. The summed E-state index contributed by atoms with van der Waals surface area (Å²) < 4.78 is 12.7. The fraction of sp³-hybridized carbons (Fsp3) is 0.345. The van der Waals surface area contributed by atoms with E-state index in [9.17, 15) is 4.79 Å². The van der Waals surface area contributed by atoms with Crippen molar-refractivity contribution in [3.63, 3.8) is 0 Å². The van der Waals surface area contributed by atoms with Gasteiger partial charge in [-0.3, -0.25) is 4.79 Å². The second kappa shape index (κ2) is 9.61. The number of β-lactam (4-membered cyclic amide) rings is 1. The van der Waals surface area contributed by atoms with Crippen LogP contribution < -0.4 is 20.8 Å². The van der Waals surface area contributed by atoms with Gasteiger partial charge in [-0.25, -0.2) is 0 Å². The van der Waals surface area contributed by atoms with E-state index in [4.69, 9.17) is 14.9 Å². The number of hydrogen-bond acceptors (Lipinski definition) is 4. The molecule has 1 fully saturated rings. The van der Waals surface area contributed by atoms with Crippen LogP contribution in [0.25, 0.3) is 0 Å². The van der Waals surface area contributed by atoms with E-state index in [1.807, 2.05) is 60.7 Å². The number of carbonyl (C=O) groups excluding carboxylic acids is 1. The summed E-state index contributed by atoms with van der Waals surface area (Å²) >= 11 is 0. The number of likely N-dealkylation sites (tertiary alicyclic amines) is 1. The average molecular weight is 489 g/mol. The van der Waals surface area contributed by atoms with Crippen molar-refractivity contribution in [2.45, 2.75) is 45.4 Å². The van der Waals surface area contributed by atoms with Crippen molar-refractivity contribution in [2.24, 2.45) is 11.1 Å². The molecular formula is C29H36N2O3Si. The molecule has 0 spiro atoms. The van der Waals surface area contributed by atoms with Gasteiger partial charge in [-0.1, -0.05) is 93.6 Å². The first-order chi connectivity index (χ1) is 16.6. The molecule has 0 aliphatic carbocycles. The summed E-state index contributed by atoms with van der Waals surface area (Å²) in [4.78, 5) is 14.7. The van der Waals surface area contributed by atoms with E-state index >= 15 is 0 Å². The van der Waals surface area contributed by atoms with Crippen molar-refractivity contribution in [1.82, 2.24) is 4.90 Å². The van der Waals surface area contributed by atoms with Crippen molar-refractivity contribution in [2.75, 3.05) is 13.7 Å². The minimum atomic E-state index is -2.21. The number of nitrogens with zero attached hydrogens (tertiary/aromatic N) is 1. The van der Waals surface area contributed by atoms with Crippen molar-refractivity contribution in [3.05, 3.63) is 90.5 Å². The first-order valence-electron chi connectivity index (χ1n) is 12.1. The van der Waals surface area contributed by atoms with Gasteiger partial charge in [0.1, 0.15) is 11.4 Å². The summed E-state index contributed by atoms with van der Waals surface area (Å²) in [5, 5.41) is 2.34. The van der Waals surface area contributed by atoms with Crippen LogP contribution in [-0.2, 0) is 14.9 Å². The van der Waals surface area contributed by atoms with Gasteiger partial charge in [0.2, 0.25) is 14.9 Å². The van der Waals surface area contributed by atoms with Crippen LogP contribution in [0.1, 0.15) is 39.7 Å². The lowest BCUT2D eigenvalue weighted by molar-refractivity contribution is -0.184. The molecule has 35 heavy (non-hydrogen) atoms. The number of methoxy groups -OCH3 is 1. The number of hydrogen-bond donors (Lipinski definition) is 1. The Labute approximate surface area is 210 Å². The molecule has 0 radical (unpaired) electrons. The van der Waals surface area contributed by atoms with E-state index in [-0.39, 0.29) is 5.91 Å². The Hall–Kier alpha value is -2.93. The highest BCUT2D eigenvalue weighted by Crippen LogP contribution is 2.49. The lowest BCUT2D eigenvalue weighted by atomic mass is 9.66. The van der Waals surface area contributed by atoms with Gasteiger partial charge in [-0.15, -0.1) is 0 Å². The fourth-order valence-electron chi connectivity index (χ4n) is 4.88. The Morgan fingerprint density at radius 3 is 1.71 bits per heavy atom. The zero-order valence-electron chi connectivity index (χ0n) is 21.3. The van der Waals surface area contributed by atoms with E-state index in [0.29, 0.717) is 13.0 Å². The van der Waals surface area contributed by atoms with Crippen molar-refractivity contribution >= 4 is 25.3 Å². The van der Waals surface area contributed by atoms with Gasteiger partial charge < -0.3 is 19.8 Å². The third-order valence-corrected chi connectivity index (χ3v) is 10.2. The van der Waals surface area contributed by atoms with Crippen LogP contribution in [0.3, 0.4) is 0 Å². The molecule has 2 atom stereocenters. The zero-order chi connectivity index (χ0) is 25.3. The molecule has 1 amide bonds. The van der Waals surface area contributed by atoms with Gasteiger partial charge in [0, 0.05) is 13.0 Å². The Bertz CT molecular complexity index is 1110. The Morgan fingerprint density at radius 2 is 1.34 bits per heavy atom. The number of amides is 1. The molecule has 6 heteroatoms. The highest BCUT2D eigenvalue weighted by atomic mass is 28.3. The van der Waals surface area contributed by atoms with E-state index in [1.54, 1.807) is 12.0 Å². The largest absolute Gasteiger partial charge is 0.497 e. The molecule has 3 aromatic carbocycles. The molecule has 4 rings (SSSR count). The molecule has 0 saturated carbocycles. The van der Waals surface area contributed by atoms with E-state index in [2.05, 4.69) is 52.0 Å². The lowest BCUT2D eigenvalue weighted by Gasteiger charge is -2.60. The smallest absolute Gasteiger partial charge is 0.240 e. The van der Waals surface area contributed by atoms with Crippen molar-refractivity contribution in [1.29, 1.82) is 0 Å². The number of benzene rings is 3. The Morgan fingerprint density at radius 1 is 0.829 bits per heavy atom.